The fraction of sp³-hybridized carbons (Fsp3) is 0.154. The molecule has 0 fully saturated rings. The smallest absolute Gasteiger partial charge is 0.163 e. The summed E-state index contributed by atoms with van der Waals surface area (Å²) in [5, 5.41) is 10.1. The fourth-order valence-electron chi connectivity index (χ4n) is 1.78. The summed E-state index contributed by atoms with van der Waals surface area (Å²) in [4.78, 5) is 0.0101. The maximum Gasteiger partial charge on any atom is 0.163 e. The third-order valence-corrected chi connectivity index (χ3v) is 3.16. The first-order valence-electron chi connectivity index (χ1n) is 5.86. The van der Waals surface area contributed by atoms with Crippen LogP contribution in [-0.2, 0) is 0 Å². The average molecular weight is 312 g/mol. The number of hydrogen-bond donors (Lipinski definition) is 2. The minimum Gasteiger partial charge on any atom is -0.389 e. The van der Waals surface area contributed by atoms with Gasteiger partial charge in [0, 0.05) is 12.1 Å². The molecule has 3 N–H and O–H groups in total. The van der Waals surface area contributed by atoms with Crippen molar-refractivity contribution in [3.63, 3.8) is 0 Å². The zero-order valence-corrected chi connectivity index (χ0v) is 12.0. The molecule has 0 radical (unpaired) electrons. The number of benzene rings is 1. The molecule has 110 valence electrons. The molecule has 2 aromatic rings. The number of halogens is 3. The Morgan fingerprint density at radius 2 is 1.71 bits per heavy atom. The van der Waals surface area contributed by atoms with Crippen molar-refractivity contribution in [3.05, 3.63) is 46.4 Å². The second kappa shape index (κ2) is 5.65. The molecule has 1 aromatic heterocycles. The van der Waals surface area contributed by atoms with Crippen LogP contribution in [0.5, 0.6) is 0 Å². The molecule has 2 rings (SSSR count). The Hall–Kier alpha value is -2.22. The molecule has 21 heavy (non-hydrogen) atoms. The molecular formula is C13H11F3N4S. The molecular weight excluding hydrogens is 301 g/mol. The van der Waals surface area contributed by atoms with E-state index in [9.17, 15) is 13.2 Å². The monoisotopic (exact) mass is 312 g/mol. The Balaban J connectivity index is 2.55. The van der Waals surface area contributed by atoms with E-state index in [0.717, 1.165) is 0 Å². The normalized spacial score (nSPS) is 10.5. The van der Waals surface area contributed by atoms with Gasteiger partial charge in [0.25, 0.3) is 0 Å². The van der Waals surface area contributed by atoms with Crippen LogP contribution in [0.1, 0.15) is 16.8 Å². The molecule has 0 spiro atoms. The predicted molar refractivity (Wildman–Crippen MR) is 77.0 cm³/mol. The van der Waals surface area contributed by atoms with Gasteiger partial charge in [0.05, 0.1) is 11.3 Å². The molecule has 0 aliphatic heterocycles. The van der Waals surface area contributed by atoms with Crippen molar-refractivity contribution < 1.29 is 13.2 Å². The Morgan fingerprint density at radius 1 is 1.14 bits per heavy atom. The number of rotatable bonds is 3. The van der Waals surface area contributed by atoms with Crippen molar-refractivity contribution in [1.82, 2.24) is 10.2 Å². The third-order valence-electron chi connectivity index (χ3n) is 2.95. The van der Waals surface area contributed by atoms with Gasteiger partial charge >= 0.3 is 0 Å². The van der Waals surface area contributed by atoms with Gasteiger partial charge < -0.3 is 11.1 Å². The summed E-state index contributed by atoms with van der Waals surface area (Å²) in [6.07, 6.45) is 0. The molecule has 0 aliphatic rings. The molecule has 0 saturated heterocycles. The van der Waals surface area contributed by atoms with Crippen LogP contribution >= 0.6 is 12.2 Å². The summed E-state index contributed by atoms with van der Waals surface area (Å²) in [5.74, 6) is -3.20. The molecule has 0 bridgehead atoms. The number of nitrogens with one attached hydrogen (secondary N) is 1. The van der Waals surface area contributed by atoms with Crippen molar-refractivity contribution in [1.29, 1.82) is 0 Å². The van der Waals surface area contributed by atoms with Gasteiger partial charge in [0.2, 0.25) is 0 Å². The van der Waals surface area contributed by atoms with Gasteiger partial charge in [-0.15, -0.1) is 5.10 Å². The highest BCUT2D eigenvalue weighted by molar-refractivity contribution is 7.80. The topological polar surface area (TPSA) is 63.8 Å². The lowest BCUT2D eigenvalue weighted by Gasteiger charge is -2.14. The Morgan fingerprint density at radius 3 is 2.24 bits per heavy atom. The second-order valence-electron chi connectivity index (χ2n) is 4.37. The summed E-state index contributed by atoms with van der Waals surface area (Å²) in [5.41, 5.74) is 6.63. The number of nitrogens with two attached hydrogens (primary N) is 1. The van der Waals surface area contributed by atoms with Gasteiger partial charge in [-0.2, -0.15) is 5.10 Å². The van der Waals surface area contributed by atoms with Crippen molar-refractivity contribution in [3.8, 4) is 0 Å². The van der Waals surface area contributed by atoms with Crippen LogP contribution in [-0.4, -0.2) is 15.2 Å². The lowest BCUT2D eigenvalue weighted by Crippen LogP contribution is -2.17. The number of hydrogen-bond acceptors (Lipinski definition) is 4. The summed E-state index contributed by atoms with van der Waals surface area (Å²) >= 11 is 4.92. The van der Waals surface area contributed by atoms with Gasteiger partial charge in [-0.25, -0.2) is 13.2 Å². The highest BCUT2D eigenvalue weighted by atomic mass is 32.1. The summed E-state index contributed by atoms with van der Waals surface area (Å²) < 4.78 is 40.2. The summed E-state index contributed by atoms with van der Waals surface area (Å²) in [6, 6.07) is 1.11. The third kappa shape index (κ3) is 2.94. The van der Waals surface area contributed by atoms with E-state index in [1.165, 1.54) is 0 Å². The number of anilines is 2. The molecule has 1 heterocycles. The molecule has 4 nitrogen and oxygen atoms in total. The Bertz CT molecular complexity index is 711. The van der Waals surface area contributed by atoms with E-state index in [0.29, 0.717) is 29.0 Å². The second-order valence-corrected chi connectivity index (χ2v) is 4.81. The van der Waals surface area contributed by atoms with E-state index in [-0.39, 0.29) is 10.8 Å². The van der Waals surface area contributed by atoms with E-state index in [1.807, 2.05) is 0 Å². The first kappa shape index (κ1) is 15.2. The van der Waals surface area contributed by atoms with Crippen molar-refractivity contribution >= 4 is 28.7 Å². The first-order chi connectivity index (χ1) is 9.81. The van der Waals surface area contributed by atoms with Crippen molar-refractivity contribution in [2.24, 2.45) is 5.73 Å². The maximum atomic E-state index is 13.7. The number of aryl methyl sites for hydroxylation is 1. The van der Waals surface area contributed by atoms with Gasteiger partial charge in [0.15, 0.2) is 17.5 Å². The largest absolute Gasteiger partial charge is 0.389 e. The lowest BCUT2D eigenvalue weighted by atomic mass is 10.1. The molecule has 0 aliphatic carbocycles. The van der Waals surface area contributed by atoms with Crippen LogP contribution < -0.4 is 11.1 Å². The van der Waals surface area contributed by atoms with Crippen LogP contribution in [0.4, 0.5) is 24.7 Å². The standard InChI is InChI=1S/C13H11F3N4S/c1-5-6(2)19-20-13(10(5)12(17)21)18-11-8(15)3-7(14)4-9(11)16/h3-4H,1-2H3,(H2,17,21)(H,18,20). The SMILES string of the molecule is Cc1nnc(Nc2c(F)cc(F)cc2F)c(C(N)=S)c1C. The average Bonchev–Trinajstić information content (AvgIpc) is 2.37. The molecule has 0 amide bonds. The van der Waals surface area contributed by atoms with Crippen LogP contribution in [0.3, 0.4) is 0 Å². The van der Waals surface area contributed by atoms with E-state index in [2.05, 4.69) is 15.5 Å². The molecule has 1 aromatic carbocycles. The predicted octanol–water partition coefficient (Wildman–Crippen LogP) is 2.89. The van der Waals surface area contributed by atoms with E-state index >= 15 is 0 Å². The van der Waals surface area contributed by atoms with Crippen LogP contribution in [0.25, 0.3) is 0 Å². The minimum atomic E-state index is -1.10. The number of aromatic nitrogens is 2. The van der Waals surface area contributed by atoms with Crippen molar-refractivity contribution in [2.75, 3.05) is 5.32 Å². The number of thiocarbonyl (C=S) groups is 1. The molecule has 0 atom stereocenters. The zero-order valence-electron chi connectivity index (χ0n) is 11.2. The first-order valence-corrected chi connectivity index (χ1v) is 6.27. The van der Waals surface area contributed by atoms with Crippen LogP contribution in [0.15, 0.2) is 12.1 Å². The summed E-state index contributed by atoms with van der Waals surface area (Å²) in [7, 11) is 0. The van der Waals surface area contributed by atoms with E-state index in [1.54, 1.807) is 13.8 Å². The van der Waals surface area contributed by atoms with Crippen LogP contribution in [0, 0.1) is 31.3 Å². The van der Waals surface area contributed by atoms with E-state index in [4.69, 9.17) is 18.0 Å². The molecule has 0 saturated carbocycles. The number of nitrogens with zero attached hydrogens (tertiary/aromatic N) is 2. The summed E-state index contributed by atoms with van der Waals surface area (Å²) in [6.45, 7) is 3.41. The van der Waals surface area contributed by atoms with Crippen LogP contribution in [0.2, 0.25) is 0 Å². The van der Waals surface area contributed by atoms with Gasteiger partial charge in [-0.05, 0) is 19.4 Å². The minimum absolute atomic E-state index is 0.00927. The van der Waals surface area contributed by atoms with Gasteiger partial charge in [-0.1, -0.05) is 12.2 Å². The van der Waals surface area contributed by atoms with E-state index < -0.39 is 23.1 Å². The molecule has 8 heteroatoms. The van der Waals surface area contributed by atoms with Gasteiger partial charge in [-0.3, -0.25) is 0 Å². The maximum absolute atomic E-state index is 13.7. The quantitative estimate of drug-likeness (QED) is 0.853. The van der Waals surface area contributed by atoms with Crippen molar-refractivity contribution in [2.45, 2.75) is 13.8 Å². The highest BCUT2D eigenvalue weighted by Gasteiger charge is 2.18. The Kier molecular flexibility index (Phi) is 4.08. The van der Waals surface area contributed by atoms with Gasteiger partial charge in [0.1, 0.15) is 16.5 Å². The fourth-order valence-corrected chi connectivity index (χ4v) is 2.03. The lowest BCUT2D eigenvalue weighted by molar-refractivity contribution is 0.548. The Labute approximate surface area is 124 Å². The molecule has 0 unspecified atom stereocenters. The zero-order chi connectivity index (χ0) is 15.7. The highest BCUT2D eigenvalue weighted by Crippen LogP contribution is 2.26.